The van der Waals surface area contributed by atoms with Crippen molar-refractivity contribution in [1.29, 1.82) is 0 Å². The maximum absolute atomic E-state index is 11.7. The molecule has 0 fully saturated rings. The molecular weight excluding hydrogens is 220 g/mol. The molecule has 6 heteroatoms. The van der Waals surface area contributed by atoms with Crippen LogP contribution >= 0.6 is 0 Å². The van der Waals surface area contributed by atoms with E-state index in [1.54, 1.807) is 0 Å². The number of amides is 1. The minimum absolute atomic E-state index is 0.0269. The second-order valence-corrected chi connectivity index (χ2v) is 3.49. The first kappa shape index (κ1) is 11.1. The van der Waals surface area contributed by atoms with E-state index in [-0.39, 0.29) is 5.82 Å². The molecule has 2 aromatic rings. The first-order valence-corrected chi connectivity index (χ1v) is 5.24. The Morgan fingerprint density at radius 1 is 1.41 bits per heavy atom. The second kappa shape index (κ2) is 4.65. The molecule has 0 unspecified atom stereocenters. The van der Waals surface area contributed by atoms with Crippen molar-refractivity contribution in [1.82, 2.24) is 15.2 Å². The summed E-state index contributed by atoms with van der Waals surface area (Å²) in [7, 11) is 0. The summed E-state index contributed by atoms with van der Waals surface area (Å²) in [5, 5.41) is 8.40. The van der Waals surface area contributed by atoms with E-state index in [4.69, 9.17) is 0 Å². The Labute approximate surface area is 97.1 Å². The molecule has 0 aliphatic carbocycles. The van der Waals surface area contributed by atoms with Gasteiger partial charge in [0.2, 0.25) is 5.82 Å². The number of H-pyrrole nitrogens is 2. The summed E-state index contributed by atoms with van der Waals surface area (Å²) in [6, 6.07) is 7.48. The van der Waals surface area contributed by atoms with E-state index >= 15 is 0 Å². The Kier molecular flexibility index (Phi) is 3.04. The van der Waals surface area contributed by atoms with Crippen molar-refractivity contribution in [2.45, 2.75) is 13.3 Å². The second-order valence-electron chi connectivity index (χ2n) is 3.49. The van der Waals surface area contributed by atoms with E-state index in [2.05, 4.69) is 20.5 Å². The third-order valence-corrected chi connectivity index (χ3v) is 2.36. The lowest BCUT2D eigenvalue weighted by molar-refractivity contribution is 0.101. The number of carbonyl (C=O) groups excluding carboxylic acids is 1. The van der Waals surface area contributed by atoms with E-state index < -0.39 is 11.6 Å². The van der Waals surface area contributed by atoms with Crippen LogP contribution in [-0.4, -0.2) is 21.1 Å². The Morgan fingerprint density at radius 2 is 2.18 bits per heavy atom. The number of hydrogen-bond acceptors (Lipinski definition) is 3. The van der Waals surface area contributed by atoms with Gasteiger partial charge in [0.05, 0.1) is 0 Å². The molecule has 2 rings (SSSR count). The first-order valence-electron chi connectivity index (χ1n) is 5.24. The quantitative estimate of drug-likeness (QED) is 0.734. The van der Waals surface area contributed by atoms with Crippen LogP contribution in [0.25, 0.3) is 0 Å². The summed E-state index contributed by atoms with van der Waals surface area (Å²) in [4.78, 5) is 24.8. The fraction of sp³-hybridized carbons (Fsp3) is 0.182. The predicted octanol–water partition coefficient (Wildman–Crippen LogP) is 0.913. The number of carbonyl (C=O) groups is 1. The molecule has 0 aliphatic heterocycles. The highest BCUT2D eigenvalue weighted by Gasteiger charge is 2.11. The van der Waals surface area contributed by atoms with Gasteiger partial charge in [-0.25, -0.2) is 9.89 Å². The van der Waals surface area contributed by atoms with E-state index in [9.17, 15) is 9.59 Å². The Morgan fingerprint density at radius 3 is 2.82 bits per heavy atom. The van der Waals surface area contributed by atoms with Crippen LogP contribution in [0.15, 0.2) is 29.1 Å². The number of nitrogens with one attached hydrogen (secondary N) is 3. The van der Waals surface area contributed by atoms with E-state index in [1.165, 1.54) is 0 Å². The molecule has 0 radical (unpaired) electrons. The number of para-hydroxylation sites is 1. The van der Waals surface area contributed by atoms with Gasteiger partial charge in [0.1, 0.15) is 0 Å². The van der Waals surface area contributed by atoms with Crippen LogP contribution in [0, 0.1) is 0 Å². The van der Waals surface area contributed by atoms with Crippen LogP contribution in [0.5, 0.6) is 0 Å². The topological polar surface area (TPSA) is 90.6 Å². The fourth-order valence-electron chi connectivity index (χ4n) is 1.51. The number of benzene rings is 1. The van der Waals surface area contributed by atoms with Crippen molar-refractivity contribution in [3.63, 3.8) is 0 Å². The number of aromatic amines is 2. The molecule has 0 saturated carbocycles. The van der Waals surface area contributed by atoms with Gasteiger partial charge < -0.3 is 5.32 Å². The monoisotopic (exact) mass is 232 g/mol. The summed E-state index contributed by atoms with van der Waals surface area (Å²) < 4.78 is 0. The van der Waals surface area contributed by atoms with Crippen LogP contribution in [0.3, 0.4) is 0 Å². The molecule has 1 amide bonds. The number of aromatic nitrogens is 3. The standard InChI is InChI=1S/C11H12N4O2/c1-2-7-5-3-4-6-8(7)12-10(16)9-13-11(17)15-14-9/h3-6H,2H2,1H3,(H,12,16)(H2,13,14,15,17). The van der Waals surface area contributed by atoms with Crippen molar-refractivity contribution in [3.8, 4) is 0 Å². The molecular formula is C11H12N4O2. The van der Waals surface area contributed by atoms with Gasteiger partial charge in [0.15, 0.2) is 0 Å². The summed E-state index contributed by atoms with van der Waals surface area (Å²) in [5.41, 5.74) is 1.25. The Balaban J connectivity index is 2.21. The third-order valence-electron chi connectivity index (χ3n) is 2.36. The molecule has 1 aromatic carbocycles. The van der Waals surface area contributed by atoms with E-state index in [1.807, 2.05) is 31.2 Å². The van der Waals surface area contributed by atoms with Crippen LogP contribution in [0.2, 0.25) is 0 Å². The van der Waals surface area contributed by atoms with Gasteiger partial charge in [-0.1, -0.05) is 25.1 Å². The Hall–Kier alpha value is -2.37. The van der Waals surface area contributed by atoms with Gasteiger partial charge in [-0.15, -0.1) is 5.10 Å². The van der Waals surface area contributed by atoms with Crippen molar-refractivity contribution in [2.24, 2.45) is 0 Å². The Bertz CT molecular complexity index is 585. The molecule has 88 valence electrons. The van der Waals surface area contributed by atoms with E-state index in [0.29, 0.717) is 0 Å². The molecule has 17 heavy (non-hydrogen) atoms. The SMILES string of the molecule is CCc1ccccc1NC(=O)c1n[nH]c(=O)[nH]1. The van der Waals surface area contributed by atoms with Crippen molar-refractivity contribution in [3.05, 3.63) is 46.1 Å². The summed E-state index contributed by atoms with van der Waals surface area (Å²) >= 11 is 0. The highest BCUT2D eigenvalue weighted by Crippen LogP contribution is 2.15. The number of rotatable bonds is 3. The largest absolute Gasteiger partial charge is 0.341 e. The van der Waals surface area contributed by atoms with Crippen molar-refractivity contribution < 1.29 is 4.79 Å². The number of anilines is 1. The van der Waals surface area contributed by atoms with Crippen LogP contribution in [0.1, 0.15) is 23.1 Å². The number of hydrogen-bond donors (Lipinski definition) is 3. The molecule has 0 atom stereocenters. The number of nitrogens with zero attached hydrogens (tertiary/aromatic N) is 1. The summed E-state index contributed by atoms with van der Waals surface area (Å²) in [5.74, 6) is -0.467. The number of aryl methyl sites for hydroxylation is 1. The summed E-state index contributed by atoms with van der Waals surface area (Å²) in [6.07, 6.45) is 0.813. The minimum Gasteiger partial charge on any atom is -0.319 e. The summed E-state index contributed by atoms with van der Waals surface area (Å²) in [6.45, 7) is 2.00. The van der Waals surface area contributed by atoms with Gasteiger partial charge in [0, 0.05) is 5.69 Å². The predicted molar refractivity (Wildman–Crippen MR) is 63.0 cm³/mol. The highest BCUT2D eigenvalue weighted by molar-refractivity contribution is 6.01. The van der Waals surface area contributed by atoms with Gasteiger partial charge >= 0.3 is 5.69 Å². The normalized spacial score (nSPS) is 10.2. The molecule has 0 bridgehead atoms. The van der Waals surface area contributed by atoms with Gasteiger partial charge in [-0.2, -0.15) is 0 Å². The van der Waals surface area contributed by atoms with Gasteiger partial charge in [-0.05, 0) is 18.1 Å². The fourth-order valence-corrected chi connectivity index (χ4v) is 1.51. The average Bonchev–Trinajstić information content (AvgIpc) is 2.77. The smallest absolute Gasteiger partial charge is 0.319 e. The average molecular weight is 232 g/mol. The molecule has 3 N–H and O–H groups in total. The van der Waals surface area contributed by atoms with Crippen molar-refractivity contribution in [2.75, 3.05) is 5.32 Å². The third kappa shape index (κ3) is 2.41. The molecule has 1 aromatic heterocycles. The lowest BCUT2D eigenvalue weighted by Gasteiger charge is -2.07. The van der Waals surface area contributed by atoms with Gasteiger partial charge in [0.25, 0.3) is 5.91 Å². The van der Waals surface area contributed by atoms with Crippen molar-refractivity contribution >= 4 is 11.6 Å². The molecule has 0 aliphatic rings. The lowest BCUT2D eigenvalue weighted by atomic mass is 10.1. The van der Waals surface area contributed by atoms with Gasteiger partial charge in [-0.3, -0.25) is 9.78 Å². The molecule has 0 spiro atoms. The minimum atomic E-state index is -0.501. The lowest BCUT2D eigenvalue weighted by Crippen LogP contribution is -2.15. The molecule has 1 heterocycles. The first-order chi connectivity index (χ1) is 8.20. The zero-order chi connectivity index (χ0) is 12.3. The molecule has 0 saturated heterocycles. The van der Waals surface area contributed by atoms with E-state index in [0.717, 1.165) is 17.7 Å². The maximum atomic E-state index is 11.7. The van der Waals surface area contributed by atoms with Crippen LogP contribution < -0.4 is 11.0 Å². The highest BCUT2D eigenvalue weighted by atomic mass is 16.2. The molecule has 6 nitrogen and oxygen atoms in total. The van der Waals surface area contributed by atoms with Crippen LogP contribution in [0.4, 0.5) is 5.69 Å². The zero-order valence-corrected chi connectivity index (χ0v) is 9.28. The maximum Gasteiger partial charge on any atom is 0.341 e. The zero-order valence-electron chi connectivity index (χ0n) is 9.28. The van der Waals surface area contributed by atoms with Crippen LogP contribution in [-0.2, 0) is 6.42 Å².